The fourth-order valence-electron chi connectivity index (χ4n) is 1.36. The fraction of sp³-hybridized carbons (Fsp3) is 0.417. The average Bonchev–Trinajstić information content (AvgIpc) is 2.30. The van der Waals surface area contributed by atoms with E-state index in [1.807, 2.05) is 11.8 Å². The Morgan fingerprint density at radius 1 is 1.44 bits per heavy atom. The molecule has 0 aliphatic heterocycles. The molecule has 16 heavy (non-hydrogen) atoms. The molecule has 1 aromatic rings. The molecular weight excluding hydrogens is 220 g/mol. The van der Waals surface area contributed by atoms with Gasteiger partial charge in [-0.3, -0.25) is 10.2 Å². The molecule has 0 aliphatic carbocycles. The van der Waals surface area contributed by atoms with Crippen molar-refractivity contribution in [3.05, 3.63) is 35.4 Å². The predicted molar refractivity (Wildman–Crippen MR) is 68.9 cm³/mol. The largest absolute Gasteiger partial charge is 0.294 e. The van der Waals surface area contributed by atoms with Gasteiger partial charge < -0.3 is 0 Å². The van der Waals surface area contributed by atoms with Crippen molar-refractivity contribution < 1.29 is 4.79 Å². The number of hydrazine groups is 1. The summed E-state index contributed by atoms with van der Waals surface area (Å²) in [7, 11) is 0. The molecule has 88 valence electrons. The number of thioether (sulfide) groups is 1. The Balaban J connectivity index is 2.17. The van der Waals surface area contributed by atoms with Crippen molar-refractivity contribution in [1.82, 2.24) is 5.43 Å². The van der Waals surface area contributed by atoms with Gasteiger partial charge in [-0.05, 0) is 30.2 Å². The molecular formula is C12H18N2OS. The molecule has 0 aromatic heterocycles. The van der Waals surface area contributed by atoms with Crippen molar-refractivity contribution in [2.24, 2.45) is 5.84 Å². The van der Waals surface area contributed by atoms with Crippen molar-refractivity contribution >= 4 is 17.7 Å². The second-order valence-electron chi connectivity index (χ2n) is 3.65. The van der Waals surface area contributed by atoms with Gasteiger partial charge in [0.2, 0.25) is 5.91 Å². The highest BCUT2D eigenvalue weighted by Gasteiger charge is 1.99. The lowest BCUT2D eigenvalue weighted by Gasteiger charge is -2.05. The van der Waals surface area contributed by atoms with E-state index in [1.54, 1.807) is 0 Å². The van der Waals surface area contributed by atoms with Crippen LogP contribution in [0.2, 0.25) is 0 Å². The maximum Gasteiger partial charge on any atom is 0.233 e. The van der Waals surface area contributed by atoms with E-state index in [2.05, 4.69) is 36.6 Å². The second kappa shape index (κ2) is 7.30. The summed E-state index contributed by atoms with van der Waals surface area (Å²) in [6.07, 6.45) is 1.39. The second-order valence-corrected chi connectivity index (χ2v) is 4.76. The van der Waals surface area contributed by atoms with Crippen molar-refractivity contribution in [2.45, 2.75) is 25.5 Å². The molecule has 0 radical (unpaired) electrons. The SMILES string of the molecule is Cc1ccccc1CSCCCC(=O)NN. The lowest BCUT2D eigenvalue weighted by atomic mass is 10.1. The molecule has 0 saturated carbocycles. The van der Waals surface area contributed by atoms with Crippen LogP contribution in [0.15, 0.2) is 24.3 Å². The first-order valence-corrected chi connectivity index (χ1v) is 6.51. The smallest absolute Gasteiger partial charge is 0.233 e. The molecule has 0 unspecified atom stereocenters. The van der Waals surface area contributed by atoms with Gasteiger partial charge in [0, 0.05) is 12.2 Å². The number of rotatable bonds is 6. The Kier molecular flexibility index (Phi) is 5.96. The number of hydrogen-bond donors (Lipinski definition) is 2. The van der Waals surface area contributed by atoms with Gasteiger partial charge in [0.15, 0.2) is 0 Å². The summed E-state index contributed by atoms with van der Waals surface area (Å²) in [5.41, 5.74) is 4.83. The summed E-state index contributed by atoms with van der Waals surface area (Å²) < 4.78 is 0. The van der Waals surface area contributed by atoms with E-state index in [9.17, 15) is 4.79 Å². The minimum absolute atomic E-state index is 0.0866. The van der Waals surface area contributed by atoms with Crippen LogP contribution in [0.1, 0.15) is 24.0 Å². The summed E-state index contributed by atoms with van der Waals surface area (Å²) in [5.74, 6) is 6.90. The molecule has 0 bridgehead atoms. The number of hydrogen-bond acceptors (Lipinski definition) is 3. The van der Waals surface area contributed by atoms with E-state index in [4.69, 9.17) is 5.84 Å². The molecule has 3 N–H and O–H groups in total. The van der Waals surface area contributed by atoms with Crippen LogP contribution in [-0.2, 0) is 10.5 Å². The number of nitrogens with one attached hydrogen (secondary N) is 1. The summed E-state index contributed by atoms with van der Waals surface area (Å²) >= 11 is 1.85. The van der Waals surface area contributed by atoms with Gasteiger partial charge in [0.25, 0.3) is 0 Å². The first-order valence-electron chi connectivity index (χ1n) is 5.35. The van der Waals surface area contributed by atoms with Crippen LogP contribution in [0.5, 0.6) is 0 Å². The third-order valence-corrected chi connectivity index (χ3v) is 3.46. The topological polar surface area (TPSA) is 55.1 Å². The average molecular weight is 238 g/mol. The molecule has 0 aliphatic rings. The first-order chi connectivity index (χ1) is 7.74. The molecule has 0 heterocycles. The van der Waals surface area contributed by atoms with Gasteiger partial charge in [0.05, 0.1) is 0 Å². The Hall–Kier alpha value is -1.00. The van der Waals surface area contributed by atoms with Crippen molar-refractivity contribution in [1.29, 1.82) is 0 Å². The van der Waals surface area contributed by atoms with Crippen molar-refractivity contribution in [3.63, 3.8) is 0 Å². The summed E-state index contributed by atoms with van der Waals surface area (Å²) in [4.78, 5) is 10.9. The van der Waals surface area contributed by atoms with E-state index in [1.165, 1.54) is 11.1 Å². The number of carbonyl (C=O) groups excluding carboxylic acids is 1. The highest BCUT2D eigenvalue weighted by atomic mass is 32.2. The van der Waals surface area contributed by atoms with Crippen LogP contribution < -0.4 is 11.3 Å². The zero-order valence-corrected chi connectivity index (χ0v) is 10.3. The number of benzene rings is 1. The van der Waals surface area contributed by atoms with Gasteiger partial charge in [-0.25, -0.2) is 5.84 Å². The third kappa shape index (κ3) is 4.68. The minimum Gasteiger partial charge on any atom is -0.294 e. The predicted octanol–water partition coefficient (Wildman–Crippen LogP) is 2.00. The van der Waals surface area contributed by atoms with Crippen LogP contribution in [0.25, 0.3) is 0 Å². The van der Waals surface area contributed by atoms with Crippen LogP contribution in [-0.4, -0.2) is 11.7 Å². The van der Waals surface area contributed by atoms with Crippen molar-refractivity contribution in [2.75, 3.05) is 5.75 Å². The third-order valence-electron chi connectivity index (χ3n) is 2.37. The zero-order valence-electron chi connectivity index (χ0n) is 9.53. The number of nitrogens with two attached hydrogens (primary N) is 1. The first kappa shape index (κ1) is 13.1. The lowest BCUT2D eigenvalue weighted by molar-refractivity contribution is -0.121. The van der Waals surface area contributed by atoms with Crippen molar-refractivity contribution in [3.8, 4) is 0 Å². The number of amides is 1. The Bertz CT molecular complexity index is 342. The summed E-state index contributed by atoms with van der Waals surface area (Å²) in [6.45, 7) is 2.12. The van der Waals surface area contributed by atoms with Gasteiger partial charge in [-0.2, -0.15) is 11.8 Å². The quantitative estimate of drug-likeness (QED) is 0.345. The monoisotopic (exact) mass is 238 g/mol. The number of aryl methyl sites for hydroxylation is 1. The Labute approximate surface area is 101 Å². The molecule has 1 aromatic carbocycles. The maximum absolute atomic E-state index is 10.9. The van der Waals surface area contributed by atoms with E-state index in [0.717, 1.165) is 17.9 Å². The van der Waals surface area contributed by atoms with E-state index >= 15 is 0 Å². The van der Waals surface area contributed by atoms with E-state index in [-0.39, 0.29) is 5.91 Å². The maximum atomic E-state index is 10.9. The molecule has 1 amide bonds. The highest BCUT2D eigenvalue weighted by molar-refractivity contribution is 7.98. The summed E-state index contributed by atoms with van der Waals surface area (Å²) in [5, 5.41) is 0. The minimum atomic E-state index is -0.0866. The van der Waals surface area contributed by atoms with Gasteiger partial charge in [-0.15, -0.1) is 0 Å². The molecule has 3 nitrogen and oxygen atoms in total. The fourth-order valence-corrected chi connectivity index (χ4v) is 2.40. The molecule has 0 atom stereocenters. The van der Waals surface area contributed by atoms with Gasteiger partial charge >= 0.3 is 0 Å². The molecule has 4 heteroatoms. The normalized spacial score (nSPS) is 10.1. The molecule has 0 spiro atoms. The van der Waals surface area contributed by atoms with Crippen LogP contribution in [0.4, 0.5) is 0 Å². The zero-order chi connectivity index (χ0) is 11.8. The van der Waals surface area contributed by atoms with Crippen LogP contribution in [0.3, 0.4) is 0 Å². The van der Waals surface area contributed by atoms with Gasteiger partial charge in [-0.1, -0.05) is 24.3 Å². The molecule has 0 fully saturated rings. The standard InChI is InChI=1S/C12H18N2OS/c1-10-5-2-3-6-11(10)9-16-8-4-7-12(15)14-13/h2-3,5-6H,4,7-9,13H2,1H3,(H,14,15). The Morgan fingerprint density at radius 3 is 2.88 bits per heavy atom. The van der Waals surface area contributed by atoms with Gasteiger partial charge in [0.1, 0.15) is 0 Å². The summed E-state index contributed by atoms with van der Waals surface area (Å²) in [6, 6.07) is 8.38. The Morgan fingerprint density at radius 2 is 2.19 bits per heavy atom. The molecule has 1 rings (SSSR count). The van der Waals surface area contributed by atoms with Crippen LogP contribution >= 0.6 is 11.8 Å². The lowest BCUT2D eigenvalue weighted by Crippen LogP contribution is -2.29. The van der Waals surface area contributed by atoms with E-state index < -0.39 is 0 Å². The molecule has 0 saturated heterocycles. The highest BCUT2D eigenvalue weighted by Crippen LogP contribution is 2.16. The van der Waals surface area contributed by atoms with Crippen LogP contribution in [0, 0.1) is 6.92 Å². The number of carbonyl (C=O) groups is 1. The van der Waals surface area contributed by atoms with E-state index in [0.29, 0.717) is 6.42 Å².